The lowest BCUT2D eigenvalue weighted by Crippen LogP contribution is -2.39. The van der Waals surface area contributed by atoms with Gasteiger partial charge in [0.05, 0.1) is 19.8 Å². The summed E-state index contributed by atoms with van der Waals surface area (Å²) in [5.74, 6) is 1.66. The van der Waals surface area contributed by atoms with Gasteiger partial charge in [-0.25, -0.2) is 0 Å². The van der Waals surface area contributed by atoms with E-state index in [1.54, 1.807) is 7.11 Å². The van der Waals surface area contributed by atoms with Gasteiger partial charge in [0.25, 0.3) is 0 Å². The molecule has 1 aliphatic rings. The number of aliphatic hydroxyl groups is 1. The molecule has 1 N–H and O–H groups in total. The number of nitrogens with zero attached hydrogens (tertiary/aromatic N) is 2. The van der Waals surface area contributed by atoms with Crippen LogP contribution in [0.2, 0.25) is 0 Å². The number of hydrogen-bond acceptors (Lipinski definition) is 3. The third-order valence-corrected chi connectivity index (χ3v) is 5.93. The van der Waals surface area contributed by atoms with E-state index in [1.807, 2.05) is 12.1 Å². The molecule has 4 rings (SSSR count). The van der Waals surface area contributed by atoms with Gasteiger partial charge in [-0.1, -0.05) is 25.1 Å². The van der Waals surface area contributed by atoms with Crippen LogP contribution >= 0.6 is 0 Å². The number of piperidine rings is 1. The molecule has 2 aromatic carbocycles. The van der Waals surface area contributed by atoms with Crippen LogP contribution in [0, 0.1) is 5.92 Å². The molecule has 28 heavy (non-hydrogen) atoms. The lowest BCUT2D eigenvalue weighted by atomic mass is 9.99. The molecule has 3 aromatic rings. The largest absolute Gasteiger partial charge is 0.497 e. The minimum atomic E-state index is -0.388. The standard InChI is InChI=1S/C24H30N2O2/c1-18-11-13-25(14-12-18)16-21(27)17-26-23-6-4-3-5-20(23)15-24(26)19-7-9-22(28-2)10-8-19/h3-10,15,18,21,27H,11-14,16-17H2,1-2H3/t21-/m0/s1. The van der Waals surface area contributed by atoms with Gasteiger partial charge < -0.3 is 19.3 Å². The molecule has 148 valence electrons. The van der Waals surface area contributed by atoms with Crippen molar-refractivity contribution in [3.05, 3.63) is 54.6 Å². The number of para-hydroxylation sites is 1. The molecule has 0 amide bonds. The Morgan fingerprint density at radius 1 is 1.04 bits per heavy atom. The van der Waals surface area contributed by atoms with Crippen molar-refractivity contribution < 1.29 is 9.84 Å². The third-order valence-electron chi connectivity index (χ3n) is 5.93. The van der Waals surface area contributed by atoms with E-state index in [0.717, 1.165) is 42.6 Å². The predicted octanol–water partition coefficient (Wildman–Crippen LogP) is 4.41. The number of fused-ring (bicyclic) bond motifs is 1. The second-order valence-corrected chi connectivity index (χ2v) is 8.06. The molecule has 1 aromatic heterocycles. The Kier molecular flexibility index (Phi) is 5.69. The molecule has 0 unspecified atom stereocenters. The molecule has 0 bridgehead atoms. The van der Waals surface area contributed by atoms with Gasteiger partial charge in [0.15, 0.2) is 0 Å². The van der Waals surface area contributed by atoms with Crippen LogP contribution in [0.4, 0.5) is 0 Å². The zero-order valence-corrected chi connectivity index (χ0v) is 16.8. The highest BCUT2D eigenvalue weighted by atomic mass is 16.5. The van der Waals surface area contributed by atoms with E-state index in [4.69, 9.17) is 4.74 Å². The highest BCUT2D eigenvalue weighted by Gasteiger charge is 2.20. The molecular weight excluding hydrogens is 348 g/mol. The number of rotatable bonds is 6. The molecule has 4 heteroatoms. The van der Waals surface area contributed by atoms with Crippen LogP contribution in [0.3, 0.4) is 0 Å². The summed E-state index contributed by atoms with van der Waals surface area (Å²) in [6.45, 7) is 5.84. The quantitative estimate of drug-likeness (QED) is 0.690. The lowest BCUT2D eigenvalue weighted by Gasteiger charge is -2.32. The zero-order chi connectivity index (χ0) is 19.5. The van der Waals surface area contributed by atoms with Crippen LogP contribution in [0.25, 0.3) is 22.2 Å². The Bertz CT molecular complexity index is 908. The summed E-state index contributed by atoms with van der Waals surface area (Å²) in [6, 6.07) is 18.8. The average molecular weight is 379 g/mol. The summed E-state index contributed by atoms with van der Waals surface area (Å²) in [4.78, 5) is 2.41. The Balaban J connectivity index is 1.59. The Morgan fingerprint density at radius 2 is 1.75 bits per heavy atom. The smallest absolute Gasteiger partial charge is 0.118 e. The van der Waals surface area contributed by atoms with Crippen LogP contribution in [0.15, 0.2) is 54.6 Å². The summed E-state index contributed by atoms with van der Waals surface area (Å²) in [5.41, 5.74) is 3.44. The van der Waals surface area contributed by atoms with Gasteiger partial charge in [0.2, 0.25) is 0 Å². The van der Waals surface area contributed by atoms with Gasteiger partial charge in [0, 0.05) is 23.1 Å². The maximum Gasteiger partial charge on any atom is 0.118 e. The SMILES string of the molecule is COc1ccc(-c2cc3ccccc3n2C[C@@H](O)CN2CCC(C)CC2)cc1. The van der Waals surface area contributed by atoms with Crippen molar-refractivity contribution in [3.8, 4) is 17.0 Å². The summed E-state index contributed by atoms with van der Waals surface area (Å²) in [5, 5.41) is 12.1. The van der Waals surface area contributed by atoms with Crippen molar-refractivity contribution in [2.45, 2.75) is 32.4 Å². The molecule has 1 saturated heterocycles. The van der Waals surface area contributed by atoms with Crippen molar-refractivity contribution in [2.24, 2.45) is 5.92 Å². The van der Waals surface area contributed by atoms with Crippen molar-refractivity contribution in [1.29, 1.82) is 0 Å². The summed E-state index contributed by atoms with van der Waals surface area (Å²) < 4.78 is 7.56. The zero-order valence-electron chi connectivity index (χ0n) is 16.8. The van der Waals surface area contributed by atoms with Gasteiger partial charge in [-0.2, -0.15) is 0 Å². The highest BCUT2D eigenvalue weighted by Crippen LogP contribution is 2.30. The molecule has 1 aliphatic heterocycles. The minimum Gasteiger partial charge on any atom is -0.497 e. The second kappa shape index (κ2) is 8.38. The van der Waals surface area contributed by atoms with E-state index < -0.39 is 0 Å². The molecular formula is C24H30N2O2. The molecule has 0 saturated carbocycles. The van der Waals surface area contributed by atoms with E-state index in [2.05, 4.69) is 58.9 Å². The number of likely N-dealkylation sites (tertiary alicyclic amines) is 1. The number of hydrogen-bond donors (Lipinski definition) is 1. The Labute approximate surface area is 167 Å². The molecule has 1 fully saturated rings. The summed E-state index contributed by atoms with van der Waals surface area (Å²) in [7, 11) is 1.68. The maximum atomic E-state index is 10.9. The van der Waals surface area contributed by atoms with Crippen molar-refractivity contribution in [1.82, 2.24) is 9.47 Å². The summed E-state index contributed by atoms with van der Waals surface area (Å²) >= 11 is 0. The maximum absolute atomic E-state index is 10.9. The molecule has 4 nitrogen and oxygen atoms in total. The second-order valence-electron chi connectivity index (χ2n) is 8.06. The van der Waals surface area contributed by atoms with Crippen molar-refractivity contribution in [3.63, 3.8) is 0 Å². The van der Waals surface area contributed by atoms with Gasteiger partial charge in [0.1, 0.15) is 5.75 Å². The number of benzene rings is 2. The topological polar surface area (TPSA) is 37.6 Å². The Morgan fingerprint density at radius 3 is 2.46 bits per heavy atom. The van der Waals surface area contributed by atoms with Crippen LogP contribution in [0.5, 0.6) is 5.75 Å². The normalized spacial score (nSPS) is 17.1. The number of aromatic nitrogens is 1. The number of ether oxygens (including phenoxy) is 1. The van der Waals surface area contributed by atoms with E-state index >= 15 is 0 Å². The fourth-order valence-electron chi connectivity index (χ4n) is 4.22. The fourth-order valence-corrected chi connectivity index (χ4v) is 4.22. The van der Waals surface area contributed by atoms with Crippen molar-refractivity contribution >= 4 is 10.9 Å². The molecule has 1 atom stereocenters. The van der Waals surface area contributed by atoms with E-state index in [-0.39, 0.29) is 6.10 Å². The van der Waals surface area contributed by atoms with Gasteiger partial charge >= 0.3 is 0 Å². The van der Waals surface area contributed by atoms with Gasteiger partial charge in [-0.15, -0.1) is 0 Å². The first-order valence-corrected chi connectivity index (χ1v) is 10.3. The first kappa shape index (κ1) is 19.0. The van der Waals surface area contributed by atoms with Crippen LogP contribution in [-0.4, -0.2) is 47.4 Å². The monoisotopic (exact) mass is 378 g/mol. The average Bonchev–Trinajstić information content (AvgIpc) is 3.08. The van der Waals surface area contributed by atoms with E-state index in [1.165, 1.54) is 23.7 Å². The fraction of sp³-hybridized carbons (Fsp3) is 0.417. The van der Waals surface area contributed by atoms with Gasteiger partial charge in [-0.3, -0.25) is 0 Å². The first-order chi connectivity index (χ1) is 13.6. The predicted molar refractivity (Wildman–Crippen MR) is 115 cm³/mol. The molecule has 2 heterocycles. The first-order valence-electron chi connectivity index (χ1n) is 10.3. The molecule has 0 aliphatic carbocycles. The van der Waals surface area contributed by atoms with Crippen LogP contribution in [0.1, 0.15) is 19.8 Å². The number of aliphatic hydroxyl groups excluding tert-OH is 1. The number of methoxy groups -OCH3 is 1. The van der Waals surface area contributed by atoms with E-state index in [9.17, 15) is 5.11 Å². The minimum absolute atomic E-state index is 0.388. The lowest BCUT2D eigenvalue weighted by molar-refractivity contribution is 0.0812. The third kappa shape index (κ3) is 4.08. The van der Waals surface area contributed by atoms with Crippen LogP contribution < -0.4 is 4.74 Å². The number of β-amino-alcohol motifs (C(OH)–C–C–N with tert-alkyl or cyclic N) is 1. The molecule has 0 spiro atoms. The van der Waals surface area contributed by atoms with Gasteiger partial charge in [-0.05, 0) is 73.8 Å². The summed E-state index contributed by atoms with van der Waals surface area (Å²) in [6.07, 6.45) is 2.08. The van der Waals surface area contributed by atoms with E-state index in [0.29, 0.717) is 6.54 Å². The molecule has 0 radical (unpaired) electrons. The Hall–Kier alpha value is -2.30. The van der Waals surface area contributed by atoms with Crippen molar-refractivity contribution in [2.75, 3.05) is 26.7 Å². The van der Waals surface area contributed by atoms with Crippen LogP contribution in [-0.2, 0) is 6.54 Å². The highest BCUT2D eigenvalue weighted by molar-refractivity contribution is 5.87.